The van der Waals surface area contributed by atoms with Crippen molar-refractivity contribution in [2.24, 2.45) is 0 Å². The summed E-state index contributed by atoms with van der Waals surface area (Å²) in [6.07, 6.45) is 8.56. The molecule has 6 heteroatoms. The van der Waals surface area contributed by atoms with E-state index in [2.05, 4.69) is 28.5 Å². The van der Waals surface area contributed by atoms with Crippen LogP contribution in [-0.4, -0.2) is 32.7 Å². The Morgan fingerprint density at radius 3 is 2.54 bits per heavy atom. The minimum atomic E-state index is -1.11. The summed E-state index contributed by atoms with van der Waals surface area (Å²) < 4.78 is 7.37. The van der Waals surface area contributed by atoms with E-state index in [4.69, 9.17) is 4.74 Å². The van der Waals surface area contributed by atoms with Gasteiger partial charge in [-0.05, 0) is 42.7 Å². The van der Waals surface area contributed by atoms with Gasteiger partial charge in [0.25, 0.3) is 0 Å². The Kier molecular flexibility index (Phi) is 5.01. The van der Waals surface area contributed by atoms with Crippen molar-refractivity contribution in [3.63, 3.8) is 0 Å². The first-order chi connectivity index (χ1) is 13.7. The number of rotatable bonds is 6. The van der Waals surface area contributed by atoms with Crippen LogP contribution in [-0.2, 0) is 0 Å². The lowest BCUT2D eigenvalue weighted by atomic mass is 10.1. The zero-order valence-corrected chi connectivity index (χ0v) is 15.2. The highest BCUT2D eigenvalue weighted by Crippen LogP contribution is 2.26. The number of carboxylic acids is 1. The zero-order chi connectivity index (χ0) is 19.3. The zero-order valence-electron chi connectivity index (χ0n) is 15.2. The van der Waals surface area contributed by atoms with Gasteiger partial charge in [-0.1, -0.05) is 53.8 Å². The minimum Gasteiger partial charge on any atom is -0.489 e. The van der Waals surface area contributed by atoms with Crippen molar-refractivity contribution in [2.45, 2.75) is 12.8 Å². The van der Waals surface area contributed by atoms with E-state index in [1.807, 2.05) is 54.6 Å². The Morgan fingerprint density at radius 1 is 1.07 bits per heavy atom. The van der Waals surface area contributed by atoms with Crippen molar-refractivity contribution in [1.82, 2.24) is 15.0 Å². The van der Waals surface area contributed by atoms with Gasteiger partial charge in [-0.15, -0.1) is 5.10 Å². The van der Waals surface area contributed by atoms with Crippen molar-refractivity contribution in [2.75, 3.05) is 6.61 Å². The second-order valence-electron chi connectivity index (χ2n) is 6.41. The molecule has 0 atom stereocenters. The number of nitrogens with zero attached hydrogens (tertiary/aromatic N) is 3. The molecule has 0 aliphatic heterocycles. The lowest BCUT2D eigenvalue weighted by Crippen LogP contribution is -2.04. The first-order valence-electron chi connectivity index (χ1n) is 9.05. The molecule has 0 radical (unpaired) electrons. The lowest BCUT2D eigenvalue weighted by molar-refractivity contribution is 0.0691. The van der Waals surface area contributed by atoms with E-state index in [-0.39, 0.29) is 5.69 Å². The highest BCUT2D eigenvalue weighted by atomic mass is 16.5. The second-order valence-corrected chi connectivity index (χ2v) is 6.41. The van der Waals surface area contributed by atoms with Gasteiger partial charge in [0.05, 0.1) is 5.69 Å². The van der Waals surface area contributed by atoms with Crippen LogP contribution >= 0.6 is 0 Å². The molecule has 1 aromatic heterocycles. The molecule has 2 aromatic carbocycles. The Labute approximate surface area is 162 Å². The fraction of sp³-hybridized carbons (Fsp3) is 0.136. The van der Waals surface area contributed by atoms with E-state index in [0.717, 1.165) is 24.2 Å². The van der Waals surface area contributed by atoms with Crippen LogP contribution in [0.4, 0.5) is 0 Å². The normalized spacial score (nSPS) is 13.2. The van der Waals surface area contributed by atoms with Gasteiger partial charge in [0.15, 0.2) is 5.69 Å². The molecule has 0 spiro atoms. The van der Waals surface area contributed by atoms with Crippen molar-refractivity contribution in [1.29, 1.82) is 0 Å². The van der Waals surface area contributed by atoms with Gasteiger partial charge in [-0.25, -0.2) is 9.48 Å². The van der Waals surface area contributed by atoms with Gasteiger partial charge in [-0.2, -0.15) is 0 Å². The number of hydrogen-bond donors (Lipinski definition) is 1. The molecule has 0 amide bonds. The Hall–Kier alpha value is -3.67. The Bertz CT molecular complexity index is 1030. The molecule has 1 N–H and O–H groups in total. The predicted molar refractivity (Wildman–Crippen MR) is 106 cm³/mol. The molecule has 6 nitrogen and oxygen atoms in total. The molecule has 3 aromatic rings. The number of hydrogen-bond acceptors (Lipinski definition) is 4. The van der Waals surface area contributed by atoms with Crippen molar-refractivity contribution >= 4 is 5.97 Å². The van der Waals surface area contributed by atoms with Gasteiger partial charge in [0.1, 0.15) is 18.1 Å². The lowest BCUT2D eigenvalue weighted by Gasteiger charge is -2.11. The van der Waals surface area contributed by atoms with Crippen LogP contribution in [0.15, 0.2) is 78.4 Å². The van der Waals surface area contributed by atoms with Gasteiger partial charge >= 0.3 is 5.97 Å². The minimum absolute atomic E-state index is 0.0810. The standard InChI is InChI=1S/C22H19N3O3/c26-22(27)20-21(17-9-5-2-6-10-17)25(24-23-20)18-11-13-19(14-12-18)28-15-16-7-3-1-4-8-16/h2-3,5-14H,1,4,15H2,(H,26,27). The van der Waals surface area contributed by atoms with Crippen molar-refractivity contribution in [3.05, 3.63) is 84.1 Å². The summed E-state index contributed by atoms with van der Waals surface area (Å²) in [5, 5.41) is 17.4. The van der Waals surface area contributed by atoms with Gasteiger partial charge in [0.2, 0.25) is 0 Å². The second kappa shape index (κ2) is 7.92. The van der Waals surface area contributed by atoms with Crippen LogP contribution in [0.2, 0.25) is 0 Å². The van der Waals surface area contributed by atoms with Gasteiger partial charge < -0.3 is 9.84 Å². The van der Waals surface area contributed by atoms with Crippen LogP contribution in [0, 0.1) is 0 Å². The quantitative estimate of drug-likeness (QED) is 0.697. The summed E-state index contributed by atoms with van der Waals surface area (Å²) in [7, 11) is 0. The fourth-order valence-corrected chi connectivity index (χ4v) is 3.09. The average Bonchev–Trinajstić information content (AvgIpc) is 3.19. The fourth-order valence-electron chi connectivity index (χ4n) is 3.09. The molecule has 0 unspecified atom stereocenters. The summed E-state index contributed by atoms with van der Waals surface area (Å²) in [6, 6.07) is 16.6. The highest BCUT2D eigenvalue weighted by molar-refractivity contribution is 5.93. The molecule has 0 saturated carbocycles. The van der Waals surface area contributed by atoms with E-state index >= 15 is 0 Å². The van der Waals surface area contributed by atoms with E-state index in [1.165, 1.54) is 10.3 Å². The van der Waals surface area contributed by atoms with E-state index in [9.17, 15) is 9.90 Å². The van der Waals surface area contributed by atoms with Crippen LogP contribution in [0.1, 0.15) is 23.3 Å². The third-order valence-corrected chi connectivity index (χ3v) is 4.48. The van der Waals surface area contributed by atoms with E-state index in [0.29, 0.717) is 18.0 Å². The van der Waals surface area contributed by atoms with Crippen molar-refractivity contribution < 1.29 is 14.6 Å². The molecule has 0 fully saturated rings. The molecule has 1 aliphatic carbocycles. The molecule has 140 valence electrons. The maximum absolute atomic E-state index is 11.6. The summed E-state index contributed by atoms with van der Waals surface area (Å²) in [4.78, 5) is 11.6. The summed E-state index contributed by atoms with van der Waals surface area (Å²) >= 11 is 0. The number of carboxylic acid groups (broad SMARTS) is 1. The summed E-state index contributed by atoms with van der Waals surface area (Å²) in [5.41, 5.74) is 2.98. The molecular formula is C22H19N3O3. The van der Waals surface area contributed by atoms with E-state index < -0.39 is 5.97 Å². The monoisotopic (exact) mass is 373 g/mol. The van der Waals surface area contributed by atoms with Crippen LogP contribution < -0.4 is 4.74 Å². The SMILES string of the molecule is O=C(O)c1nnn(-c2ccc(OCC3=CCCC=C3)cc2)c1-c1ccccc1. The molecule has 0 bridgehead atoms. The number of aromatic carboxylic acids is 1. The molecule has 28 heavy (non-hydrogen) atoms. The van der Waals surface area contributed by atoms with Gasteiger partial charge in [0, 0.05) is 5.56 Å². The third-order valence-electron chi connectivity index (χ3n) is 4.48. The largest absolute Gasteiger partial charge is 0.489 e. The number of carbonyl (C=O) groups is 1. The molecule has 0 saturated heterocycles. The van der Waals surface area contributed by atoms with Gasteiger partial charge in [-0.3, -0.25) is 0 Å². The third kappa shape index (κ3) is 3.71. The molecule has 1 aliphatic rings. The van der Waals surface area contributed by atoms with Crippen LogP contribution in [0.5, 0.6) is 5.75 Å². The van der Waals surface area contributed by atoms with E-state index in [1.54, 1.807) is 0 Å². The number of benzene rings is 2. The average molecular weight is 373 g/mol. The molecule has 1 heterocycles. The first kappa shape index (κ1) is 17.7. The van der Waals surface area contributed by atoms with Crippen LogP contribution in [0.25, 0.3) is 16.9 Å². The Balaban J connectivity index is 1.60. The highest BCUT2D eigenvalue weighted by Gasteiger charge is 2.21. The maximum atomic E-state index is 11.6. The maximum Gasteiger partial charge on any atom is 0.358 e. The summed E-state index contributed by atoms with van der Waals surface area (Å²) in [6.45, 7) is 0.525. The summed E-state index contributed by atoms with van der Waals surface area (Å²) in [5.74, 6) is -0.373. The molecular weight excluding hydrogens is 354 g/mol. The molecule has 4 rings (SSSR count). The smallest absolute Gasteiger partial charge is 0.358 e. The Morgan fingerprint density at radius 2 is 1.86 bits per heavy atom. The van der Waals surface area contributed by atoms with Crippen molar-refractivity contribution in [3.8, 4) is 22.7 Å². The number of ether oxygens (including phenoxy) is 1. The van der Waals surface area contributed by atoms with Crippen LogP contribution in [0.3, 0.4) is 0 Å². The first-order valence-corrected chi connectivity index (χ1v) is 9.05. The number of aromatic nitrogens is 3. The predicted octanol–water partition coefficient (Wildman–Crippen LogP) is 4.29. The topological polar surface area (TPSA) is 77.2 Å². The number of allylic oxidation sites excluding steroid dienone is 2.